The van der Waals surface area contributed by atoms with E-state index in [-0.39, 0.29) is 5.91 Å². The van der Waals surface area contributed by atoms with Crippen LogP contribution in [0.1, 0.15) is 23.5 Å². The highest BCUT2D eigenvalue weighted by Crippen LogP contribution is 2.28. The Labute approximate surface area is 97.9 Å². The molecule has 1 aromatic heterocycles. The van der Waals surface area contributed by atoms with Crippen molar-refractivity contribution in [1.29, 1.82) is 0 Å². The molecule has 0 radical (unpaired) electrons. The molecule has 15 heavy (non-hydrogen) atoms. The first kappa shape index (κ1) is 12.3. The molecule has 0 aliphatic rings. The third kappa shape index (κ3) is 2.63. The van der Waals surface area contributed by atoms with Gasteiger partial charge in [-0.1, -0.05) is 11.8 Å². The Bertz CT molecular complexity index is 347. The standard InChI is InChI=1S/C9H15N3OS2/c1-4-12(5-2)8(13)6-7(10)11-9(14-3)15-6/h4-5,10H2,1-3H3. The average molecular weight is 245 g/mol. The summed E-state index contributed by atoms with van der Waals surface area (Å²) in [5.41, 5.74) is 5.70. The summed E-state index contributed by atoms with van der Waals surface area (Å²) in [6.07, 6.45) is 1.92. The number of carbonyl (C=O) groups is 1. The van der Waals surface area contributed by atoms with Crippen molar-refractivity contribution < 1.29 is 4.79 Å². The lowest BCUT2D eigenvalue weighted by Crippen LogP contribution is -2.30. The summed E-state index contributed by atoms with van der Waals surface area (Å²) in [6, 6.07) is 0. The van der Waals surface area contributed by atoms with Gasteiger partial charge >= 0.3 is 0 Å². The fourth-order valence-corrected chi connectivity index (χ4v) is 2.66. The number of amides is 1. The van der Waals surface area contributed by atoms with E-state index in [9.17, 15) is 4.79 Å². The largest absolute Gasteiger partial charge is 0.382 e. The maximum atomic E-state index is 12.0. The Morgan fingerprint density at radius 2 is 2.13 bits per heavy atom. The molecule has 84 valence electrons. The first-order valence-electron chi connectivity index (χ1n) is 4.73. The Balaban J connectivity index is 2.94. The number of nitrogens with two attached hydrogens (primary N) is 1. The number of nitrogens with zero attached hydrogens (tertiary/aromatic N) is 2. The number of thiazole rings is 1. The van der Waals surface area contributed by atoms with Crippen molar-refractivity contribution in [1.82, 2.24) is 9.88 Å². The van der Waals surface area contributed by atoms with Crippen LogP contribution in [0.25, 0.3) is 0 Å². The molecular formula is C9H15N3OS2. The van der Waals surface area contributed by atoms with E-state index in [1.54, 1.807) is 4.90 Å². The topological polar surface area (TPSA) is 59.2 Å². The van der Waals surface area contributed by atoms with Crippen LogP contribution in [0.15, 0.2) is 4.34 Å². The van der Waals surface area contributed by atoms with Crippen molar-refractivity contribution in [2.75, 3.05) is 25.1 Å². The van der Waals surface area contributed by atoms with Gasteiger partial charge in [0.05, 0.1) is 0 Å². The predicted octanol–water partition coefficient (Wildman–Crippen LogP) is 1.93. The second kappa shape index (κ2) is 5.37. The zero-order valence-electron chi connectivity index (χ0n) is 9.11. The highest BCUT2D eigenvalue weighted by molar-refractivity contribution is 8.00. The van der Waals surface area contributed by atoms with Gasteiger partial charge in [-0.2, -0.15) is 0 Å². The van der Waals surface area contributed by atoms with Crippen LogP contribution in [0.2, 0.25) is 0 Å². The molecule has 0 aromatic carbocycles. The second-order valence-electron chi connectivity index (χ2n) is 2.88. The quantitative estimate of drug-likeness (QED) is 0.823. The zero-order chi connectivity index (χ0) is 11.4. The first-order chi connectivity index (χ1) is 7.13. The maximum Gasteiger partial charge on any atom is 0.267 e. The average Bonchev–Trinajstić information content (AvgIpc) is 2.61. The minimum atomic E-state index is -0.0182. The van der Waals surface area contributed by atoms with Gasteiger partial charge in [-0.05, 0) is 20.1 Å². The Morgan fingerprint density at radius 1 is 1.53 bits per heavy atom. The van der Waals surface area contributed by atoms with Gasteiger partial charge in [-0.15, -0.1) is 11.3 Å². The smallest absolute Gasteiger partial charge is 0.267 e. The summed E-state index contributed by atoms with van der Waals surface area (Å²) >= 11 is 2.87. The summed E-state index contributed by atoms with van der Waals surface area (Å²) in [6.45, 7) is 5.30. The number of aromatic nitrogens is 1. The summed E-state index contributed by atoms with van der Waals surface area (Å²) in [5, 5.41) is 0. The van der Waals surface area contributed by atoms with Gasteiger partial charge in [0.25, 0.3) is 5.91 Å². The molecule has 6 heteroatoms. The number of hydrogen-bond donors (Lipinski definition) is 1. The molecule has 4 nitrogen and oxygen atoms in total. The van der Waals surface area contributed by atoms with Crippen LogP contribution >= 0.6 is 23.1 Å². The van der Waals surface area contributed by atoms with E-state index in [2.05, 4.69) is 4.98 Å². The fourth-order valence-electron chi connectivity index (χ4n) is 1.21. The molecule has 1 amide bonds. The number of thioether (sulfide) groups is 1. The van der Waals surface area contributed by atoms with Crippen LogP contribution in [0.5, 0.6) is 0 Å². The van der Waals surface area contributed by atoms with E-state index in [0.717, 1.165) is 4.34 Å². The Kier molecular flexibility index (Phi) is 4.41. The number of carbonyl (C=O) groups excluding carboxylic acids is 1. The summed E-state index contributed by atoms with van der Waals surface area (Å²) in [4.78, 5) is 18.4. The number of hydrogen-bond acceptors (Lipinski definition) is 5. The van der Waals surface area contributed by atoms with Crippen LogP contribution in [0.3, 0.4) is 0 Å². The van der Waals surface area contributed by atoms with Crippen LogP contribution < -0.4 is 5.73 Å². The van der Waals surface area contributed by atoms with Crippen molar-refractivity contribution >= 4 is 34.8 Å². The molecule has 0 unspecified atom stereocenters. The minimum Gasteiger partial charge on any atom is -0.382 e. The van der Waals surface area contributed by atoms with Crippen molar-refractivity contribution in [2.24, 2.45) is 0 Å². The van der Waals surface area contributed by atoms with E-state index < -0.39 is 0 Å². The first-order valence-corrected chi connectivity index (χ1v) is 6.77. The molecule has 0 fully saturated rings. The second-order valence-corrected chi connectivity index (χ2v) is 4.93. The monoisotopic (exact) mass is 245 g/mol. The molecule has 2 N–H and O–H groups in total. The molecule has 0 bridgehead atoms. The van der Waals surface area contributed by atoms with Gasteiger partial charge < -0.3 is 10.6 Å². The maximum absolute atomic E-state index is 12.0. The lowest BCUT2D eigenvalue weighted by molar-refractivity contribution is 0.0778. The highest BCUT2D eigenvalue weighted by atomic mass is 32.2. The minimum absolute atomic E-state index is 0.0182. The van der Waals surface area contributed by atoms with Gasteiger partial charge in [0, 0.05) is 13.1 Å². The van der Waals surface area contributed by atoms with Crippen LogP contribution in [-0.4, -0.2) is 35.1 Å². The van der Waals surface area contributed by atoms with Gasteiger partial charge in [-0.3, -0.25) is 4.79 Å². The van der Waals surface area contributed by atoms with E-state index in [1.165, 1.54) is 23.1 Å². The molecule has 1 aromatic rings. The third-order valence-electron chi connectivity index (χ3n) is 2.05. The molecule has 1 rings (SSSR count). The number of nitrogen functional groups attached to an aromatic ring is 1. The normalized spacial score (nSPS) is 10.3. The van der Waals surface area contributed by atoms with E-state index >= 15 is 0 Å². The summed E-state index contributed by atoms with van der Waals surface area (Å²) in [5.74, 6) is 0.330. The summed E-state index contributed by atoms with van der Waals surface area (Å²) < 4.78 is 0.836. The highest BCUT2D eigenvalue weighted by Gasteiger charge is 2.19. The predicted molar refractivity (Wildman–Crippen MR) is 65.6 cm³/mol. The van der Waals surface area contributed by atoms with Gasteiger partial charge in [0.15, 0.2) is 4.34 Å². The van der Waals surface area contributed by atoms with E-state index in [1.807, 2.05) is 20.1 Å². The molecule has 0 aliphatic carbocycles. The van der Waals surface area contributed by atoms with Crippen molar-refractivity contribution in [3.8, 4) is 0 Å². The van der Waals surface area contributed by atoms with Crippen LogP contribution in [-0.2, 0) is 0 Å². The molecular weight excluding hydrogens is 230 g/mol. The molecule has 0 aliphatic heterocycles. The van der Waals surface area contributed by atoms with Crippen molar-refractivity contribution in [3.63, 3.8) is 0 Å². The molecule has 0 spiro atoms. The van der Waals surface area contributed by atoms with Crippen molar-refractivity contribution in [2.45, 2.75) is 18.2 Å². The lowest BCUT2D eigenvalue weighted by Gasteiger charge is -2.17. The van der Waals surface area contributed by atoms with Gasteiger partial charge in [0.2, 0.25) is 0 Å². The van der Waals surface area contributed by atoms with Crippen LogP contribution in [0, 0.1) is 0 Å². The molecule has 0 atom stereocenters. The van der Waals surface area contributed by atoms with E-state index in [0.29, 0.717) is 23.8 Å². The zero-order valence-corrected chi connectivity index (χ0v) is 10.7. The summed E-state index contributed by atoms with van der Waals surface area (Å²) in [7, 11) is 0. The molecule has 0 saturated heterocycles. The molecule has 0 saturated carbocycles. The van der Waals surface area contributed by atoms with Crippen molar-refractivity contribution in [3.05, 3.63) is 4.88 Å². The van der Waals surface area contributed by atoms with E-state index in [4.69, 9.17) is 5.73 Å². The third-order valence-corrected chi connectivity index (χ3v) is 4.10. The Hall–Kier alpha value is -0.750. The van der Waals surface area contributed by atoms with Gasteiger partial charge in [0.1, 0.15) is 10.7 Å². The lowest BCUT2D eigenvalue weighted by atomic mass is 10.4. The molecule has 1 heterocycles. The SMILES string of the molecule is CCN(CC)C(=O)c1sc(SC)nc1N. The van der Waals surface area contributed by atoms with Crippen LogP contribution in [0.4, 0.5) is 5.82 Å². The number of anilines is 1. The van der Waals surface area contributed by atoms with Gasteiger partial charge in [-0.25, -0.2) is 4.98 Å². The Morgan fingerprint density at radius 3 is 2.53 bits per heavy atom. The number of rotatable bonds is 4. The fraction of sp³-hybridized carbons (Fsp3) is 0.556.